The Kier molecular flexibility index (Phi) is 7.64. The van der Waals surface area contributed by atoms with Crippen molar-refractivity contribution in [2.75, 3.05) is 13.2 Å². The second-order valence-electron chi connectivity index (χ2n) is 9.28. The van der Waals surface area contributed by atoms with Gasteiger partial charge in [-0.1, -0.05) is 68.8 Å². The molecule has 0 aromatic heterocycles. The van der Waals surface area contributed by atoms with Gasteiger partial charge in [-0.05, 0) is 48.9 Å². The van der Waals surface area contributed by atoms with Crippen molar-refractivity contribution < 1.29 is 24.2 Å². The maximum atomic E-state index is 13.3. The highest BCUT2D eigenvalue weighted by Crippen LogP contribution is 2.44. The van der Waals surface area contributed by atoms with Gasteiger partial charge in [0.05, 0.1) is 0 Å². The van der Waals surface area contributed by atoms with Crippen LogP contribution in [-0.2, 0) is 14.3 Å². The Morgan fingerprint density at radius 2 is 1.56 bits per heavy atom. The van der Waals surface area contributed by atoms with E-state index >= 15 is 0 Å². The molecule has 0 saturated heterocycles. The average molecular weight is 467 g/mol. The van der Waals surface area contributed by atoms with E-state index in [-0.39, 0.29) is 25.0 Å². The van der Waals surface area contributed by atoms with Crippen molar-refractivity contribution in [2.24, 2.45) is 5.92 Å². The number of nitrogens with zero attached hydrogens (tertiary/aromatic N) is 1. The maximum absolute atomic E-state index is 13.3. The molecule has 7 heteroatoms. The maximum Gasteiger partial charge on any atom is 0.407 e. The van der Waals surface area contributed by atoms with E-state index in [2.05, 4.69) is 17.4 Å². The van der Waals surface area contributed by atoms with E-state index < -0.39 is 29.6 Å². The predicted molar refractivity (Wildman–Crippen MR) is 131 cm³/mol. The molecule has 0 heterocycles. The van der Waals surface area contributed by atoms with Gasteiger partial charge in [0.15, 0.2) is 0 Å². The SMILES string of the molecule is CCC(C)C(NC(=O)OCC1c2ccccc2-c2ccccc21)C(=O)N(CC)C(C)(C)C(=O)O. The smallest absolute Gasteiger partial charge is 0.407 e. The van der Waals surface area contributed by atoms with Crippen LogP contribution in [0, 0.1) is 5.92 Å². The van der Waals surface area contributed by atoms with Crippen molar-refractivity contribution in [3.8, 4) is 11.1 Å². The number of aliphatic carboxylic acids is 1. The molecule has 2 aromatic rings. The molecular formula is C27H34N2O5. The number of nitrogens with one attached hydrogen (secondary N) is 1. The van der Waals surface area contributed by atoms with E-state index in [1.807, 2.05) is 50.2 Å². The van der Waals surface area contributed by atoms with Crippen LogP contribution in [0.5, 0.6) is 0 Å². The van der Waals surface area contributed by atoms with Gasteiger partial charge in [0.1, 0.15) is 18.2 Å². The van der Waals surface area contributed by atoms with Gasteiger partial charge in [0.25, 0.3) is 0 Å². The molecule has 34 heavy (non-hydrogen) atoms. The number of hydrogen-bond donors (Lipinski definition) is 2. The number of amides is 2. The van der Waals surface area contributed by atoms with Gasteiger partial charge >= 0.3 is 12.1 Å². The zero-order chi connectivity index (χ0) is 25.0. The standard InChI is InChI=1S/C27H34N2O5/c1-6-17(3)23(24(30)29(7-2)27(4,5)25(31)32)28-26(33)34-16-22-20-14-10-8-12-18(20)19-13-9-11-15-21(19)22/h8-15,17,22-23H,6-7,16H2,1-5H3,(H,28,33)(H,31,32). The Balaban J connectivity index is 1.75. The van der Waals surface area contributed by atoms with Crippen molar-refractivity contribution in [1.82, 2.24) is 10.2 Å². The molecule has 0 fully saturated rings. The summed E-state index contributed by atoms with van der Waals surface area (Å²) in [5.74, 6) is -1.83. The number of rotatable bonds is 9. The number of carboxylic acid groups (broad SMARTS) is 1. The molecule has 182 valence electrons. The Bertz CT molecular complexity index is 1020. The van der Waals surface area contributed by atoms with Gasteiger partial charge in [-0.15, -0.1) is 0 Å². The van der Waals surface area contributed by atoms with Crippen LogP contribution in [0.25, 0.3) is 11.1 Å². The van der Waals surface area contributed by atoms with E-state index in [1.54, 1.807) is 6.92 Å². The number of ether oxygens (including phenoxy) is 1. The molecule has 0 bridgehead atoms. The van der Waals surface area contributed by atoms with Gasteiger partial charge in [-0.3, -0.25) is 4.79 Å². The van der Waals surface area contributed by atoms with Crippen molar-refractivity contribution >= 4 is 18.0 Å². The van der Waals surface area contributed by atoms with E-state index in [0.29, 0.717) is 6.42 Å². The molecule has 3 rings (SSSR count). The third-order valence-electron chi connectivity index (χ3n) is 6.88. The summed E-state index contributed by atoms with van der Waals surface area (Å²) in [7, 11) is 0. The molecule has 1 aliphatic rings. The van der Waals surface area contributed by atoms with Crippen LogP contribution >= 0.6 is 0 Å². The molecule has 2 N–H and O–H groups in total. The summed E-state index contributed by atoms with van der Waals surface area (Å²) in [6.07, 6.45) is -0.0600. The van der Waals surface area contributed by atoms with Crippen LogP contribution in [0.15, 0.2) is 48.5 Å². The summed E-state index contributed by atoms with van der Waals surface area (Å²) in [6, 6.07) is 15.2. The van der Waals surface area contributed by atoms with Crippen molar-refractivity contribution in [1.29, 1.82) is 0 Å². The number of likely N-dealkylation sites (N-methyl/N-ethyl adjacent to an activating group) is 1. The minimum atomic E-state index is -1.40. The van der Waals surface area contributed by atoms with Gasteiger partial charge in [-0.25, -0.2) is 9.59 Å². The molecule has 0 spiro atoms. The average Bonchev–Trinajstić information content (AvgIpc) is 3.14. The highest BCUT2D eigenvalue weighted by Gasteiger charge is 2.41. The molecule has 1 aliphatic carbocycles. The van der Waals surface area contributed by atoms with Gasteiger partial charge in [0.2, 0.25) is 5.91 Å². The molecule has 2 atom stereocenters. The first-order valence-electron chi connectivity index (χ1n) is 11.8. The van der Waals surface area contributed by atoms with Gasteiger partial charge < -0.3 is 20.1 Å². The summed E-state index contributed by atoms with van der Waals surface area (Å²) in [5.41, 5.74) is 3.07. The fourth-order valence-electron chi connectivity index (χ4n) is 4.56. The first-order chi connectivity index (χ1) is 16.1. The molecule has 0 aliphatic heterocycles. The molecule has 2 unspecified atom stereocenters. The van der Waals surface area contributed by atoms with Gasteiger partial charge in [0, 0.05) is 12.5 Å². The van der Waals surface area contributed by atoms with E-state index in [0.717, 1.165) is 22.3 Å². The number of fused-ring (bicyclic) bond motifs is 3. The minimum absolute atomic E-state index is 0.0889. The number of carbonyl (C=O) groups excluding carboxylic acids is 2. The first-order valence-corrected chi connectivity index (χ1v) is 11.8. The topological polar surface area (TPSA) is 95.9 Å². The normalized spacial score (nSPS) is 14.5. The first kappa shape index (κ1) is 25.3. The van der Waals surface area contributed by atoms with Crippen molar-refractivity contribution in [3.63, 3.8) is 0 Å². The third-order valence-corrected chi connectivity index (χ3v) is 6.88. The second-order valence-corrected chi connectivity index (χ2v) is 9.28. The highest BCUT2D eigenvalue weighted by molar-refractivity contribution is 5.91. The number of benzene rings is 2. The Morgan fingerprint density at radius 1 is 1.03 bits per heavy atom. The van der Waals surface area contributed by atoms with E-state index in [1.165, 1.54) is 18.7 Å². The third kappa shape index (κ3) is 4.79. The second kappa shape index (κ2) is 10.3. The summed E-state index contributed by atoms with van der Waals surface area (Å²) in [6.45, 7) is 8.81. The van der Waals surface area contributed by atoms with Crippen molar-refractivity contribution in [3.05, 3.63) is 59.7 Å². The van der Waals surface area contributed by atoms with Crippen LogP contribution in [0.3, 0.4) is 0 Å². The lowest BCUT2D eigenvalue weighted by atomic mass is 9.94. The predicted octanol–water partition coefficient (Wildman–Crippen LogP) is 4.65. The Morgan fingerprint density at radius 3 is 2.03 bits per heavy atom. The zero-order valence-electron chi connectivity index (χ0n) is 20.5. The van der Waals surface area contributed by atoms with Crippen LogP contribution < -0.4 is 5.32 Å². The molecule has 7 nitrogen and oxygen atoms in total. The highest BCUT2D eigenvalue weighted by atomic mass is 16.5. The Hall–Kier alpha value is -3.35. The van der Waals surface area contributed by atoms with Crippen LogP contribution in [0.4, 0.5) is 4.79 Å². The number of alkyl carbamates (subject to hydrolysis) is 1. The number of carboxylic acids is 1. The zero-order valence-corrected chi connectivity index (χ0v) is 20.5. The lowest BCUT2D eigenvalue weighted by Crippen LogP contribution is -2.60. The van der Waals surface area contributed by atoms with Crippen LogP contribution in [0.1, 0.15) is 58.1 Å². The van der Waals surface area contributed by atoms with Crippen LogP contribution in [-0.4, -0.2) is 52.7 Å². The molecular weight excluding hydrogens is 432 g/mol. The van der Waals surface area contributed by atoms with Gasteiger partial charge in [-0.2, -0.15) is 0 Å². The Labute approximate surface area is 201 Å². The number of hydrogen-bond acceptors (Lipinski definition) is 4. The fourth-order valence-corrected chi connectivity index (χ4v) is 4.56. The molecule has 2 amide bonds. The van der Waals surface area contributed by atoms with Crippen molar-refractivity contribution in [2.45, 2.75) is 58.5 Å². The molecule has 0 saturated carbocycles. The van der Waals surface area contributed by atoms with E-state index in [4.69, 9.17) is 4.74 Å². The lowest BCUT2D eigenvalue weighted by molar-refractivity contribution is -0.158. The molecule has 0 radical (unpaired) electrons. The lowest BCUT2D eigenvalue weighted by Gasteiger charge is -2.38. The summed E-state index contributed by atoms with van der Waals surface area (Å²) >= 11 is 0. The van der Waals surface area contributed by atoms with Crippen LogP contribution in [0.2, 0.25) is 0 Å². The number of carbonyl (C=O) groups is 3. The summed E-state index contributed by atoms with van der Waals surface area (Å²) < 4.78 is 5.62. The fraction of sp³-hybridized carbons (Fsp3) is 0.444. The molecule has 2 aromatic carbocycles. The minimum Gasteiger partial charge on any atom is -0.480 e. The quantitative estimate of drug-likeness (QED) is 0.561. The van der Waals surface area contributed by atoms with E-state index in [9.17, 15) is 19.5 Å². The monoisotopic (exact) mass is 466 g/mol. The summed E-state index contributed by atoms with van der Waals surface area (Å²) in [5, 5.41) is 12.3. The summed E-state index contributed by atoms with van der Waals surface area (Å²) in [4.78, 5) is 39.2. The largest absolute Gasteiger partial charge is 0.480 e.